The van der Waals surface area contributed by atoms with E-state index in [-0.39, 0.29) is 11.3 Å². The molecule has 0 aliphatic carbocycles. The topological polar surface area (TPSA) is 92.4 Å². The Balaban J connectivity index is 1.54. The summed E-state index contributed by atoms with van der Waals surface area (Å²) in [5.41, 5.74) is 2.47. The molecule has 0 saturated carbocycles. The maximum atomic E-state index is 14.7. The van der Waals surface area contributed by atoms with Gasteiger partial charge >= 0.3 is 5.97 Å². The molecule has 0 saturated heterocycles. The van der Waals surface area contributed by atoms with Crippen molar-refractivity contribution >= 4 is 50.7 Å². The molecule has 1 unspecified atom stereocenters. The second-order valence-electron chi connectivity index (χ2n) is 6.97. The van der Waals surface area contributed by atoms with Crippen LogP contribution in [0, 0.1) is 5.82 Å². The average molecular weight is 495 g/mol. The van der Waals surface area contributed by atoms with E-state index in [1.165, 1.54) is 24.6 Å². The number of carboxylic acid groups (broad SMARTS) is 1. The summed E-state index contributed by atoms with van der Waals surface area (Å²) in [6, 6.07) is 16.1. The fraction of sp³-hybridized carbons (Fsp3) is 0.0417. The van der Waals surface area contributed by atoms with Crippen LogP contribution in [-0.4, -0.2) is 22.0 Å². The van der Waals surface area contributed by atoms with Crippen molar-refractivity contribution in [3.8, 4) is 0 Å². The standard InChI is InChI=1S/C24H16BrFN2O4/c25-17-3-1-2-14(10-17)4-9-22(29)28-19-7-5-15(11-18(19)26)23(24(30)31)16-6-8-21-20(12-16)27-13-32-21/h1-13,23H,(H,28,29)(H,30,31). The summed E-state index contributed by atoms with van der Waals surface area (Å²) in [6.07, 6.45) is 4.17. The van der Waals surface area contributed by atoms with Gasteiger partial charge in [-0.15, -0.1) is 0 Å². The van der Waals surface area contributed by atoms with Crippen LogP contribution in [0.4, 0.5) is 10.1 Å². The number of rotatable bonds is 6. The van der Waals surface area contributed by atoms with E-state index < -0.39 is 23.6 Å². The zero-order valence-corrected chi connectivity index (χ0v) is 18.0. The summed E-state index contributed by atoms with van der Waals surface area (Å²) in [4.78, 5) is 28.2. The maximum absolute atomic E-state index is 14.7. The van der Waals surface area contributed by atoms with Gasteiger partial charge in [-0.2, -0.15) is 0 Å². The first-order valence-electron chi connectivity index (χ1n) is 9.51. The molecule has 0 fully saturated rings. The number of nitrogens with one attached hydrogen (secondary N) is 1. The summed E-state index contributed by atoms with van der Waals surface area (Å²) in [5.74, 6) is -3.49. The lowest BCUT2D eigenvalue weighted by molar-refractivity contribution is -0.137. The van der Waals surface area contributed by atoms with E-state index in [9.17, 15) is 19.1 Å². The lowest BCUT2D eigenvalue weighted by Crippen LogP contribution is -2.14. The van der Waals surface area contributed by atoms with Gasteiger partial charge in [0.1, 0.15) is 17.3 Å². The molecule has 0 aliphatic heterocycles. The maximum Gasteiger partial charge on any atom is 0.315 e. The van der Waals surface area contributed by atoms with Crippen LogP contribution in [0.1, 0.15) is 22.6 Å². The second kappa shape index (κ2) is 9.15. The van der Waals surface area contributed by atoms with Crippen molar-refractivity contribution in [3.63, 3.8) is 0 Å². The molecule has 3 aromatic carbocycles. The van der Waals surface area contributed by atoms with Crippen LogP contribution in [0.3, 0.4) is 0 Å². The van der Waals surface area contributed by atoms with E-state index in [0.717, 1.165) is 16.1 Å². The van der Waals surface area contributed by atoms with Crippen molar-refractivity contribution in [1.29, 1.82) is 0 Å². The summed E-state index contributed by atoms with van der Waals surface area (Å²) >= 11 is 3.35. The molecule has 6 nitrogen and oxygen atoms in total. The minimum Gasteiger partial charge on any atom is -0.481 e. The summed E-state index contributed by atoms with van der Waals surface area (Å²) in [5, 5.41) is 12.2. The SMILES string of the molecule is O=C(C=Cc1cccc(Br)c1)Nc1ccc(C(C(=O)O)c2ccc3ocnc3c2)cc1F. The van der Waals surface area contributed by atoms with E-state index in [1.807, 2.05) is 24.3 Å². The molecule has 0 spiro atoms. The molecule has 160 valence electrons. The van der Waals surface area contributed by atoms with Gasteiger partial charge in [0.2, 0.25) is 5.91 Å². The van der Waals surface area contributed by atoms with E-state index in [1.54, 1.807) is 24.3 Å². The van der Waals surface area contributed by atoms with Crippen LogP contribution in [0.2, 0.25) is 0 Å². The summed E-state index contributed by atoms with van der Waals surface area (Å²) in [6.45, 7) is 0. The van der Waals surface area contributed by atoms with Crippen molar-refractivity contribution in [2.24, 2.45) is 0 Å². The number of carbonyl (C=O) groups excluding carboxylic acids is 1. The number of aliphatic carboxylic acids is 1. The number of carbonyl (C=O) groups is 2. The van der Waals surface area contributed by atoms with Crippen LogP contribution < -0.4 is 5.32 Å². The Morgan fingerprint density at radius 1 is 1.09 bits per heavy atom. The number of aromatic nitrogens is 1. The van der Waals surface area contributed by atoms with E-state index in [0.29, 0.717) is 16.7 Å². The Bertz CT molecular complexity index is 1350. The van der Waals surface area contributed by atoms with Crippen molar-refractivity contribution in [1.82, 2.24) is 4.98 Å². The molecular weight excluding hydrogens is 479 g/mol. The number of halogens is 2. The van der Waals surface area contributed by atoms with E-state index in [4.69, 9.17) is 4.42 Å². The number of hydrogen-bond donors (Lipinski definition) is 2. The second-order valence-corrected chi connectivity index (χ2v) is 7.88. The van der Waals surface area contributed by atoms with Gasteiger partial charge in [-0.3, -0.25) is 9.59 Å². The predicted octanol–water partition coefficient (Wildman–Crippen LogP) is 5.60. The lowest BCUT2D eigenvalue weighted by Gasteiger charge is -2.14. The van der Waals surface area contributed by atoms with Gasteiger partial charge in [0.25, 0.3) is 0 Å². The Hall–Kier alpha value is -3.78. The Kier molecular flexibility index (Phi) is 6.13. The number of anilines is 1. The molecule has 0 bridgehead atoms. The Morgan fingerprint density at radius 3 is 2.62 bits per heavy atom. The highest BCUT2D eigenvalue weighted by Crippen LogP contribution is 2.30. The zero-order chi connectivity index (χ0) is 22.7. The smallest absolute Gasteiger partial charge is 0.315 e. The molecule has 8 heteroatoms. The third-order valence-electron chi connectivity index (χ3n) is 4.79. The largest absolute Gasteiger partial charge is 0.481 e. The molecule has 1 amide bonds. The summed E-state index contributed by atoms with van der Waals surface area (Å²) in [7, 11) is 0. The van der Waals surface area contributed by atoms with Gasteiger partial charge in [-0.05, 0) is 59.2 Å². The highest BCUT2D eigenvalue weighted by molar-refractivity contribution is 9.10. The molecule has 4 aromatic rings. The third-order valence-corrected chi connectivity index (χ3v) is 5.29. The van der Waals surface area contributed by atoms with Gasteiger partial charge in [-0.1, -0.05) is 40.2 Å². The van der Waals surface area contributed by atoms with Crippen molar-refractivity contribution < 1.29 is 23.5 Å². The van der Waals surface area contributed by atoms with Gasteiger partial charge in [-0.25, -0.2) is 9.37 Å². The molecule has 1 heterocycles. The van der Waals surface area contributed by atoms with Crippen LogP contribution >= 0.6 is 15.9 Å². The van der Waals surface area contributed by atoms with Gasteiger partial charge in [0.05, 0.1) is 5.69 Å². The van der Waals surface area contributed by atoms with Crippen LogP contribution in [0.15, 0.2) is 82.0 Å². The monoisotopic (exact) mass is 494 g/mol. The normalized spacial score (nSPS) is 12.2. The fourth-order valence-corrected chi connectivity index (χ4v) is 3.72. The molecule has 0 aliphatic rings. The van der Waals surface area contributed by atoms with Crippen LogP contribution in [0.5, 0.6) is 0 Å². The van der Waals surface area contributed by atoms with E-state index in [2.05, 4.69) is 26.2 Å². The minimum absolute atomic E-state index is 0.0475. The summed E-state index contributed by atoms with van der Waals surface area (Å²) < 4.78 is 20.8. The quantitative estimate of drug-likeness (QED) is 0.340. The van der Waals surface area contributed by atoms with Gasteiger partial charge in [0.15, 0.2) is 12.0 Å². The zero-order valence-electron chi connectivity index (χ0n) is 16.5. The third kappa shape index (κ3) is 4.76. The van der Waals surface area contributed by atoms with Crippen LogP contribution in [-0.2, 0) is 9.59 Å². The van der Waals surface area contributed by atoms with Crippen molar-refractivity contribution in [2.75, 3.05) is 5.32 Å². The van der Waals surface area contributed by atoms with Crippen molar-refractivity contribution in [2.45, 2.75) is 5.92 Å². The Labute approximate surface area is 190 Å². The molecule has 1 atom stereocenters. The average Bonchev–Trinajstić information content (AvgIpc) is 3.22. The molecule has 2 N–H and O–H groups in total. The fourth-order valence-electron chi connectivity index (χ4n) is 3.30. The van der Waals surface area contributed by atoms with Crippen LogP contribution in [0.25, 0.3) is 17.2 Å². The number of hydrogen-bond acceptors (Lipinski definition) is 4. The minimum atomic E-state index is -1.14. The number of carboxylic acids is 1. The number of amides is 1. The number of benzene rings is 3. The highest BCUT2D eigenvalue weighted by Gasteiger charge is 2.24. The van der Waals surface area contributed by atoms with Gasteiger partial charge < -0.3 is 14.8 Å². The Morgan fingerprint density at radius 2 is 1.88 bits per heavy atom. The van der Waals surface area contributed by atoms with Crippen molar-refractivity contribution in [3.05, 3.63) is 100 Å². The molecular formula is C24H16BrFN2O4. The first kappa shape index (κ1) is 21.5. The number of fused-ring (bicyclic) bond motifs is 1. The first-order chi connectivity index (χ1) is 15.4. The van der Waals surface area contributed by atoms with E-state index >= 15 is 0 Å². The first-order valence-corrected chi connectivity index (χ1v) is 10.3. The highest BCUT2D eigenvalue weighted by atomic mass is 79.9. The lowest BCUT2D eigenvalue weighted by atomic mass is 9.91. The molecule has 32 heavy (non-hydrogen) atoms. The number of nitrogens with zero attached hydrogens (tertiary/aromatic N) is 1. The molecule has 1 aromatic heterocycles. The number of oxazole rings is 1. The molecule has 0 radical (unpaired) electrons. The van der Waals surface area contributed by atoms with Gasteiger partial charge in [0, 0.05) is 10.5 Å². The molecule has 4 rings (SSSR count). The predicted molar refractivity (Wildman–Crippen MR) is 122 cm³/mol.